The number of H-pyrrole nitrogens is 1. The number of rotatable bonds is 8. The molecule has 0 saturated heterocycles. The van der Waals surface area contributed by atoms with Gasteiger partial charge < -0.3 is 10.3 Å². The molecule has 0 unspecified atom stereocenters. The van der Waals surface area contributed by atoms with Crippen LogP contribution in [-0.2, 0) is 4.79 Å². The Kier molecular flexibility index (Phi) is 6.43. The molecular formula is C12H18N4O2. The first-order valence-electron chi connectivity index (χ1n) is 6.08. The molecule has 2 N–H and O–H groups in total. The summed E-state index contributed by atoms with van der Waals surface area (Å²) in [5.74, 6) is 0.519. The lowest BCUT2D eigenvalue weighted by Crippen LogP contribution is -2.13. The van der Waals surface area contributed by atoms with E-state index < -0.39 is 0 Å². The Balaban J connectivity index is 2.14. The predicted molar refractivity (Wildman–Crippen MR) is 69.5 cm³/mol. The molecule has 1 aromatic heterocycles. The SMILES string of the molecule is Cc1cc(=O)nc(NCCCCCCN=C=O)[nH]1. The fourth-order valence-electron chi connectivity index (χ4n) is 1.58. The van der Waals surface area contributed by atoms with Crippen LogP contribution in [0.4, 0.5) is 5.95 Å². The largest absolute Gasteiger partial charge is 0.356 e. The van der Waals surface area contributed by atoms with Crippen LogP contribution in [-0.4, -0.2) is 29.1 Å². The number of isocyanates is 1. The van der Waals surface area contributed by atoms with Crippen molar-refractivity contribution in [3.8, 4) is 0 Å². The molecule has 0 spiro atoms. The maximum absolute atomic E-state index is 11.1. The van der Waals surface area contributed by atoms with Crippen LogP contribution in [0.15, 0.2) is 15.9 Å². The molecule has 1 rings (SSSR count). The number of anilines is 1. The van der Waals surface area contributed by atoms with Gasteiger partial charge in [0.1, 0.15) is 0 Å². The van der Waals surface area contributed by atoms with Crippen LogP contribution in [0.3, 0.4) is 0 Å². The standard InChI is InChI=1S/C12H18N4O2/c1-10-8-11(18)16-12(15-10)14-7-5-3-2-4-6-13-9-17/h8H,2-7H2,1H3,(H2,14,15,16,18). The van der Waals surface area contributed by atoms with E-state index in [1.807, 2.05) is 6.92 Å². The van der Waals surface area contributed by atoms with Crippen LogP contribution in [0.5, 0.6) is 0 Å². The summed E-state index contributed by atoms with van der Waals surface area (Å²) in [6.45, 7) is 3.15. The van der Waals surface area contributed by atoms with Crippen molar-refractivity contribution in [1.29, 1.82) is 0 Å². The molecule has 0 atom stereocenters. The Hall–Kier alpha value is -1.94. The van der Waals surface area contributed by atoms with Crippen molar-refractivity contribution in [3.05, 3.63) is 22.1 Å². The Labute approximate surface area is 106 Å². The van der Waals surface area contributed by atoms with Crippen LogP contribution in [0.25, 0.3) is 0 Å². The maximum Gasteiger partial charge on any atom is 0.274 e. The van der Waals surface area contributed by atoms with Gasteiger partial charge in [0.15, 0.2) is 0 Å². The zero-order valence-electron chi connectivity index (χ0n) is 10.5. The van der Waals surface area contributed by atoms with E-state index in [2.05, 4.69) is 20.3 Å². The topological polar surface area (TPSA) is 87.2 Å². The third-order valence-corrected chi connectivity index (χ3v) is 2.43. The van der Waals surface area contributed by atoms with Crippen molar-refractivity contribution in [2.75, 3.05) is 18.4 Å². The van der Waals surface area contributed by atoms with E-state index in [-0.39, 0.29) is 5.56 Å². The number of carbonyl (C=O) groups excluding carboxylic acids is 1. The average molecular weight is 250 g/mol. The lowest BCUT2D eigenvalue weighted by molar-refractivity contribution is 0.561. The van der Waals surface area contributed by atoms with Gasteiger partial charge in [-0.15, -0.1) is 0 Å². The summed E-state index contributed by atoms with van der Waals surface area (Å²) in [7, 11) is 0. The molecule has 0 aliphatic rings. The minimum atomic E-state index is -0.236. The second-order valence-corrected chi connectivity index (χ2v) is 4.06. The molecule has 1 aromatic rings. The average Bonchev–Trinajstić information content (AvgIpc) is 2.31. The minimum absolute atomic E-state index is 0.236. The molecule has 0 aliphatic heterocycles. The molecular weight excluding hydrogens is 232 g/mol. The Morgan fingerprint density at radius 1 is 1.39 bits per heavy atom. The Morgan fingerprint density at radius 2 is 2.17 bits per heavy atom. The molecule has 0 fully saturated rings. The number of aromatic amines is 1. The summed E-state index contributed by atoms with van der Waals surface area (Å²) in [6.07, 6.45) is 5.51. The Bertz CT molecular complexity index is 463. The molecule has 98 valence electrons. The van der Waals surface area contributed by atoms with E-state index in [1.54, 1.807) is 0 Å². The van der Waals surface area contributed by atoms with Crippen LogP contribution in [0, 0.1) is 6.92 Å². The molecule has 0 bridgehead atoms. The second-order valence-electron chi connectivity index (χ2n) is 4.06. The van der Waals surface area contributed by atoms with Crippen LogP contribution in [0.2, 0.25) is 0 Å². The van der Waals surface area contributed by atoms with E-state index in [1.165, 1.54) is 12.1 Å². The molecule has 0 amide bonds. The van der Waals surface area contributed by atoms with E-state index in [9.17, 15) is 9.59 Å². The van der Waals surface area contributed by atoms with Gasteiger partial charge in [-0.05, 0) is 19.8 Å². The number of hydrogen-bond acceptors (Lipinski definition) is 5. The number of nitrogens with zero attached hydrogens (tertiary/aromatic N) is 2. The van der Waals surface area contributed by atoms with Crippen molar-refractivity contribution in [3.63, 3.8) is 0 Å². The van der Waals surface area contributed by atoms with E-state index >= 15 is 0 Å². The molecule has 0 aromatic carbocycles. The van der Waals surface area contributed by atoms with Gasteiger partial charge in [0.25, 0.3) is 5.56 Å². The predicted octanol–water partition coefficient (Wildman–Crippen LogP) is 1.39. The van der Waals surface area contributed by atoms with Gasteiger partial charge in [0.2, 0.25) is 12.0 Å². The third-order valence-electron chi connectivity index (χ3n) is 2.43. The molecule has 0 aliphatic carbocycles. The van der Waals surface area contributed by atoms with Crippen LogP contribution >= 0.6 is 0 Å². The number of aryl methyl sites for hydroxylation is 1. The van der Waals surface area contributed by atoms with Gasteiger partial charge in [-0.1, -0.05) is 12.8 Å². The quantitative estimate of drug-likeness (QED) is 0.414. The first-order valence-corrected chi connectivity index (χ1v) is 6.08. The molecule has 18 heavy (non-hydrogen) atoms. The van der Waals surface area contributed by atoms with Gasteiger partial charge in [0.05, 0.1) is 6.54 Å². The fourth-order valence-corrected chi connectivity index (χ4v) is 1.58. The molecule has 6 nitrogen and oxygen atoms in total. The highest BCUT2D eigenvalue weighted by molar-refractivity contribution is 5.32. The summed E-state index contributed by atoms with van der Waals surface area (Å²) in [5.41, 5.74) is 0.560. The third kappa shape index (κ3) is 5.96. The lowest BCUT2D eigenvalue weighted by atomic mass is 10.2. The molecule has 0 radical (unpaired) electrons. The van der Waals surface area contributed by atoms with Gasteiger partial charge in [-0.2, -0.15) is 4.98 Å². The van der Waals surface area contributed by atoms with E-state index in [0.717, 1.165) is 37.9 Å². The second kappa shape index (κ2) is 8.20. The highest BCUT2D eigenvalue weighted by atomic mass is 16.1. The molecule has 1 heterocycles. The number of aromatic nitrogens is 2. The normalized spacial score (nSPS) is 9.83. The highest BCUT2D eigenvalue weighted by Crippen LogP contribution is 2.01. The smallest absolute Gasteiger partial charge is 0.274 e. The summed E-state index contributed by atoms with van der Waals surface area (Å²) in [4.78, 5) is 31.2. The minimum Gasteiger partial charge on any atom is -0.356 e. The van der Waals surface area contributed by atoms with Crippen molar-refractivity contribution >= 4 is 12.0 Å². The summed E-state index contributed by atoms with van der Waals surface area (Å²) < 4.78 is 0. The number of unbranched alkanes of at least 4 members (excludes halogenated alkanes) is 3. The van der Waals surface area contributed by atoms with Crippen LogP contribution in [0.1, 0.15) is 31.4 Å². The summed E-state index contributed by atoms with van der Waals surface area (Å²) >= 11 is 0. The van der Waals surface area contributed by atoms with Gasteiger partial charge >= 0.3 is 0 Å². The first-order chi connectivity index (χ1) is 8.72. The number of nitrogens with one attached hydrogen (secondary N) is 2. The Morgan fingerprint density at radius 3 is 2.89 bits per heavy atom. The zero-order chi connectivity index (χ0) is 13.2. The maximum atomic E-state index is 11.1. The summed E-state index contributed by atoms with van der Waals surface area (Å²) in [5, 5.41) is 3.08. The van der Waals surface area contributed by atoms with E-state index in [0.29, 0.717) is 12.5 Å². The van der Waals surface area contributed by atoms with Crippen molar-refractivity contribution in [1.82, 2.24) is 9.97 Å². The monoisotopic (exact) mass is 250 g/mol. The lowest BCUT2D eigenvalue weighted by Gasteiger charge is -2.05. The zero-order valence-corrected chi connectivity index (χ0v) is 10.5. The highest BCUT2D eigenvalue weighted by Gasteiger charge is 1.96. The number of hydrogen-bond donors (Lipinski definition) is 2. The van der Waals surface area contributed by atoms with Crippen molar-refractivity contribution < 1.29 is 4.79 Å². The van der Waals surface area contributed by atoms with E-state index in [4.69, 9.17) is 0 Å². The van der Waals surface area contributed by atoms with Crippen molar-refractivity contribution in [2.45, 2.75) is 32.6 Å². The fraction of sp³-hybridized carbons (Fsp3) is 0.583. The number of aliphatic imine (C=N–C) groups is 1. The molecule has 0 saturated carbocycles. The molecule has 6 heteroatoms. The summed E-state index contributed by atoms with van der Waals surface area (Å²) in [6, 6.07) is 1.46. The van der Waals surface area contributed by atoms with Crippen LogP contribution < -0.4 is 10.9 Å². The van der Waals surface area contributed by atoms with Gasteiger partial charge in [0, 0.05) is 18.3 Å². The van der Waals surface area contributed by atoms with Gasteiger partial charge in [-0.25, -0.2) is 9.79 Å². The van der Waals surface area contributed by atoms with Gasteiger partial charge in [-0.3, -0.25) is 4.79 Å². The first kappa shape index (κ1) is 14.1. The van der Waals surface area contributed by atoms with Crippen molar-refractivity contribution in [2.24, 2.45) is 4.99 Å².